The van der Waals surface area contributed by atoms with E-state index < -0.39 is 20.5 Å². The number of rotatable bonds is 6. The molecule has 1 heterocycles. The van der Waals surface area contributed by atoms with E-state index >= 15 is 0 Å². The molecule has 0 bridgehead atoms. The van der Waals surface area contributed by atoms with Crippen molar-refractivity contribution in [3.8, 4) is 23.7 Å². The van der Waals surface area contributed by atoms with Crippen LogP contribution >= 0.6 is 0 Å². The van der Waals surface area contributed by atoms with Gasteiger partial charge in [0.1, 0.15) is 0 Å². The topological polar surface area (TPSA) is 159 Å². The Labute approximate surface area is 191 Å². The summed E-state index contributed by atoms with van der Waals surface area (Å²) in [5.41, 5.74) is 2.92. The number of aryl methyl sites for hydroxylation is 1. The third-order valence-electron chi connectivity index (χ3n) is 5.45. The number of hydrogen-bond donors (Lipinski definition) is 4. The second-order valence-electron chi connectivity index (χ2n) is 7.77. The zero-order valence-electron chi connectivity index (χ0n) is 18.1. The summed E-state index contributed by atoms with van der Waals surface area (Å²) in [6.45, 7) is 1.36. The number of nitrogens with one attached hydrogen (secondary N) is 1. The highest BCUT2D eigenvalue weighted by atomic mass is 32.2. The Bertz CT molecular complexity index is 1250. The normalized spacial score (nSPS) is 18.3. The summed E-state index contributed by atoms with van der Waals surface area (Å²) in [5, 5.41) is 30.0. The number of benzene rings is 1. The van der Waals surface area contributed by atoms with Crippen LogP contribution in [0.2, 0.25) is 0 Å². The smallest absolute Gasteiger partial charge is 0.290 e. The van der Waals surface area contributed by atoms with E-state index in [9.17, 15) is 13.2 Å². The monoisotopic (exact) mass is 475 g/mol. The molecule has 2 aromatic rings. The number of aliphatic hydroxyl groups excluding tert-OH is 1. The molecule has 1 fully saturated rings. The van der Waals surface area contributed by atoms with E-state index in [0.717, 1.165) is 23.6 Å². The first-order chi connectivity index (χ1) is 15.6. The molecule has 0 aliphatic heterocycles. The Balaban J connectivity index is 0.00000122. The molecule has 11 heteroatoms. The molecule has 1 aromatic heterocycles. The number of amides is 1. The van der Waals surface area contributed by atoms with Crippen LogP contribution in [0.15, 0.2) is 24.4 Å². The van der Waals surface area contributed by atoms with Gasteiger partial charge >= 0.3 is 0 Å². The molecule has 1 aliphatic rings. The molecule has 1 aromatic carbocycles. The zero-order chi connectivity index (χ0) is 24.6. The van der Waals surface area contributed by atoms with E-state index in [2.05, 4.69) is 28.8 Å². The van der Waals surface area contributed by atoms with Crippen molar-refractivity contribution in [1.29, 1.82) is 0 Å². The highest BCUT2D eigenvalue weighted by Crippen LogP contribution is 2.36. The summed E-state index contributed by atoms with van der Waals surface area (Å²) in [6.07, 6.45) is 3.59. The lowest BCUT2D eigenvalue weighted by molar-refractivity contribution is -0.131. The van der Waals surface area contributed by atoms with E-state index in [-0.39, 0.29) is 37.9 Å². The fraction of sp³-hybridized carbons (Fsp3) is 0.409. The maximum Gasteiger partial charge on any atom is 0.290 e. The molecule has 176 valence electrons. The molecular formula is C22H25N3O7S. The molecule has 4 N–H and O–H groups in total. The van der Waals surface area contributed by atoms with Gasteiger partial charge in [-0.15, -0.1) is 0 Å². The van der Waals surface area contributed by atoms with Gasteiger partial charge in [-0.25, -0.2) is 13.9 Å². The predicted octanol–water partition coefficient (Wildman–Crippen LogP) is 0.419. The maximum absolute atomic E-state index is 12.1. The van der Waals surface area contributed by atoms with Gasteiger partial charge in [-0.3, -0.25) is 19.5 Å². The zero-order valence-corrected chi connectivity index (χ0v) is 19.0. The van der Waals surface area contributed by atoms with Crippen LogP contribution in [0.5, 0.6) is 0 Å². The first-order valence-corrected chi connectivity index (χ1v) is 11.8. The minimum atomic E-state index is -3.76. The lowest BCUT2D eigenvalue weighted by Crippen LogP contribution is -2.49. The fourth-order valence-electron chi connectivity index (χ4n) is 3.04. The number of hydroxylamine groups is 1. The molecule has 33 heavy (non-hydrogen) atoms. The van der Waals surface area contributed by atoms with E-state index in [4.69, 9.17) is 20.2 Å². The SMILES string of the molecule is C[C@@](CCn1cc2cc(C#CC#CC3C[C@H]3CO)ccc2n1)(C(=O)NO)S(C)(=O)=O.O=CO. The molecule has 1 aliphatic carbocycles. The van der Waals surface area contributed by atoms with Gasteiger partial charge in [0.05, 0.1) is 5.52 Å². The summed E-state index contributed by atoms with van der Waals surface area (Å²) < 4.78 is 23.9. The number of hydrogen-bond acceptors (Lipinski definition) is 7. The molecule has 0 spiro atoms. The number of carbonyl (C=O) groups is 2. The highest BCUT2D eigenvalue weighted by molar-refractivity contribution is 7.92. The van der Waals surface area contributed by atoms with E-state index in [0.29, 0.717) is 5.52 Å². The largest absolute Gasteiger partial charge is 0.483 e. The lowest BCUT2D eigenvalue weighted by atomic mass is 10.1. The van der Waals surface area contributed by atoms with Crippen molar-refractivity contribution < 1.29 is 33.4 Å². The molecule has 0 radical (unpaired) electrons. The van der Waals surface area contributed by atoms with Gasteiger partial charge in [0, 0.05) is 42.5 Å². The summed E-state index contributed by atoms with van der Waals surface area (Å²) >= 11 is 0. The summed E-state index contributed by atoms with van der Waals surface area (Å²) in [7, 11) is -3.76. The Morgan fingerprint density at radius 2 is 2.09 bits per heavy atom. The summed E-state index contributed by atoms with van der Waals surface area (Å²) in [6, 6.07) is 5.49. The Morgan fingerprint density at radius 1 is 1.39 bits per heavy atom. The van der Waals surface area contributed by atoms with Crippen molar-refractivity contribution in [3.63, 3.8) is 0 Å². The van der Waals surface area contributed by atoms with Gasteiger partial charge in [0.15, 0.2) is 14.6 Å². The fourth-order valence-corrected chi connectivity index (χ4v) is 3.89. The third-order valence-corrected chi connectivity index (χ3v) is 7.48. The van der Waals surface area contributed by atoms with Crippen molar-refractivity contribution in [2.24, 2.45) is 11.8 Å². The predicted molar refractivity (Wildman–Crippen MR) is 120 cm³/mol. The standard InChI is InChI=1S/C21H23N3O5S.CH2O2/c1-21(20(26)23-27,30(2,28)29)9-10-24-13-17-11-15(7-8-19(17)22-24)5-3-4-6-16-12-18(16)14-25;2-1-3/h7-8,11,13,16,18,25,27H,9-10,12,14H2,1-2H3,(H,23,26);1H,(H,2,3)/t16?,18-,21+;/m0./s1. The van der Waals surface area contributed by atoms with Gasteiger partial charge in [-0.1, -0.05) is 11.8 Å². The van der Waals surface area contributed by atoms with Crippen LogP contribution in [0, 0.1) is 35.5 Å². The second kappa shape index (κ2) is 11.0. The molecule has 3 atom stereocenters. The third kappa shape index (κ3) is 6.56. The summed E-state index contributed by atoms with van der Waals surface area (Å²) in [4.78, 5) is 20.3. The molecule has 3 rings (SSSR count). The number of fused-ring (bicyclic) bond motifs is 1. The van der Waals surface area contributed by atoms with Gasteiger partial charge in [0.2, 0.25) is 0 Å². The Morgan fingerprint density at radius 3 is 2.67 bits per heavy atom. The lowest BCUT2D eigenvalue weighted by Gasteiger charge is -2.24. The summed E-state index contributed by atoms with van der Waals surface area (Å²) in [5.74, 6) is 11.2. The quantitative estimate of drug-likeness (QED) is 0.202. The number of nitrogens with zero attached hydrogens (tertiary/aromatic N) is 2. The number of aliphatic hydroxyl groups is 1. The molecule has 1 saturated carbocycles. The van der Waals surface area contributed by atoms with Gasteiger partial charge < -0.3 is 10.2 Å². The first-order valence-electron chi connectivity index (χ1n) is 9.91. The molecule has 10 nitrogen and oxygen atoms in total. The van der Waals surface area contributed by atoms with Crippen LogP contribution in [0.25, 0.3) is 10.9 Å². The van der Waals surface area contributed by atoms with Crippen LogP contribution in [-0.2, 0) is 26.0 Å². The van der Waals surface area contributed by atoms with Gasteiger partial charge in [-0.2, -0.15) is 5.10 Å². The minimum Gasteiger partial charge on any atom is -0.483 e. The molecule has 0 saturated heterocycles. The number of sulfone groups is 1. The number of aromatic nitrogens is 2. The van der Waals surface area contributed by atoms with Crippen molar-refractivity contribution >= 4 is 33.1 Å². The molecule has 1 amide bonds. The van der Waals surface area contributed by atoms with Crippen molar-refractivity contribution in [2.75, 3.05) is 12.9 Å². The van der Waals surface area contributed by atoms with E-state index in [1.54, 1.807) is 10.9 Å². The van der Waals surface area contributed by atoms with Crippen molar-refractivity contribution in [1.82, 2.24) is 15.3 Å². The Hall–Kier alpha value is -3.38. The average Bonchev–Trinajstić information content (AvgIpc) is 3.41. The van der Waals surface area contributed by atoms with Crippen LogP contribution in [0.1, 0.15) is 25.3 Å². The van der Waals surface area contributed by atoms with Crippen LogP contribution in [0.3, 0.4) is 0 Å². The van der Waals surface area contributed by atoms with Gasteiger partial charge in [-0.05, 0) is 55.7 Å². The van der Waals surface area contributed by atoms with Gasteiger partial charge in [0.25, 0.3) is 12.4 Å². The molecule has 1 unspecified atom stereocenters. The maximum atomic E-state index is 12.1. The molecular weight excluding hydrogens is 450 g/mol. The van der Waals surface area contributed by atoms with Crippen LogP contribution in [-0.4, -0.2) is 63.6 Å². The van der Waals surface area contributed by atoms with Crippen LogP contribution < -0.4 is 5.48 Å². The number of carboxylic acid groups (broad SMARTS) is 1. The van der Waals surface area contributed by atoms with Crippen LogP contribution in [0.4, 0.5) is 0 Å². The van der Waals surface area contributed by atoms with Crippen molar-refractivity contribution in [3.05, 3.63) is 30.0 Å². The first kappa shape index (κ1) is 25.9. The van der Waals surface area contributed by atoms with E-state index in [1.165, 1.54) is 12.4 Å². The average molecular weight is 476 g/mol. The van der Waals surface area contributed by atoms with Crippen molar-refractivity contribution in [2.45, 2.75) is 31.1 Å². The van der Waals surface area contributed by atoms with E-state index in [1.807, 2.05) is 18.2 Å². The minimum absolute atomic E-state index is 0.0511. The second-order valence-corrected chi connectivity index (χ2v) is 10.2. The number of carbonyl (C=O) groups excluding carboxylic acids is 1. The highest BCUT2D eigenvalue weighted by Gasteiger charge is 2.43. The Kier molecular flexibility index (Phi) is 8.60.